The summed E-state index contributed by atoms with van der Waals surface area (Å²) >= 11 is 6.85. The lowest BCUT2D eigenvalue weighted by atomic mass is 10.3. The maximum atomic E-state index is 12.7. The third-order valence-corrected chi connectivity index (χ3v) is 5.30. The number of hydrogen-bond acceptors (Lipinski definition) is 7. The fourth-order valence-corrected chi connectivity index (χ4v) is 3.60. The number of nitro groups is 1. The molecule has 0 amide bonds. The maximum Gasteiger partial charge on any atom is 0.417 e. The summed E-state index contributed by atoms with van der Waals surface area (Å²) < 4.78 is 38.9. The van der Waals surface area contributed by atoms with E-state index in [0.29, 0.717) is 11.1 Å². The van der Waals surface area contributed by atoms with Crippen LogP contribution in [0.5, 0.6) is 0 Å². The molecule has 0 spiro atoms. The van der Waals surface area contributed by atoms with Gasteiger partial charge >= 0.3 is 11.9 Å². The van der Waals surface area contributed by atoms with E-state index in [1.54, 1.807) is 0 Å². The maximum absolute atomic E-state index is 12.7. The van der Waals surface area contributed by atoms with Gasteiger partial charge in [0.25, 0.3) is 11.2 Å². The van der Waals surface area contributed by atoms with Gasteiger partial charge in [-0.15, -0.1) is 0 Å². The number of hydrogen-bond donors (Lipinski definition) is 2. The Hall–Kier alpha value is -3.32. The number of halogens is 4. The molecule has 32 heavy (non-hydrogen) atoms. The minimum atomic E-state index is -4.58. The van der Waals surface area contributed by atoms with Crippen molar-refractivity contribution in [3.63, 3.8) is 0 Å². The van der Waals surface area contributed by atoms with E-state index in [1.165, 1.54) is 30.3 Å². The zero-order valence-corrected chi connectivity index (χ0v) is 17.4. The lowest BCUT2D eigenvalue weighted by Crippen LogP contribution is -2.36. The Morgan fingerprint density at radius 2 is 1.91 bits per heavy atom. The molecule has 0 aliphatic rings. The lowest BCUT2D eigenvalue weighted by Gasteiger charge is -2.11. The predicted octanol–water partition coefficient (Wildman–Crippen LogP) is 3.78. The number of non-ortho nitro benzene ring substituents is 1. The Bertz CT molecular complexity index is 1230. The average Bonchev–Trinajstić information content (AvgIpc) is 2.70. The average molecular weight is 488 g/mol. The van der Waals surface area contributed by atoms with E-state index >= 15 is 0 Å². The van der Waals surface area contributed by atoms with E-state index in [2.05, 4.69) is 15.3 Å². The minimum Gasteiger partial charge on any atom is -0.367 e. The van der Waals surface area contributed by atoms with E-state index < -0.39 is 27.9 Å². The van der Waals surface area contributed by atoms with Crippen molar-refractivity contribution in [2.24, 2.45) is 0 Å². The molecule has 9 nitrogen and oxygen atoms in total. The molecule has 0 unspecified atom stereocenters. The van der Waals surface area contributed by atoms with Crippen LogP contribution >= 0.6 is 23.4 Å². The van der Waals surface area contributed by atoms with Crippen LogP contribution in [0.15, 0.2) is 62.1 Å². The number of H-pyrrole nitrogens is 1. The van der Waals surface area contributed by atoms with Crippen LogP contribution in [0, 0.1) is 10.1 Å². The first kappa shape index (κ1) is 23.3. The monoisotopic (exact) mass is 487 g/mol. The number of aromatic amines is 1. The molecule has 2 heterocycles. The summed E-state index contributed by atoms with van der Waals surface area (Å²) in [6.45, 7) is -0.106. The molecule has 0 atom stereocenters. The van der Waals surface area contributed by atoms with Crippen molar-refractivity contribution in [2.75, 3.05) is 11.9 Å². The smallest absolute Gasteiger partial charge is 0.367 e. The van der Waals surface area contributed by atoms with Crippen molar-refractivity contribution < 1.29 is 18.1 Å². The van der Waals surface area contributed by atoms with Crippen molar-refractivity contribution in [2.45, 2.75) is 22.6 Å². The molecule has 2 N–H and O–H groups in total. The lowest BCUT2D eigenvalue weighted by molar-refractivity contribution is -0.384. The van der Waals surface area contributed by atoms with Crippen LogP contribution in [0.25, 0.3) is 0 Å². The van der Waals surface area contributed by atoms with Crippen LogP contribution < -0.4 is 16.6 Å². The Kier molecular flexibility index (Phi) is 6.89. The van der Waals surface area contributed by atoms with Gasteiger partial charge in [0.2, 0.25) is 0 Å². The second-order valence-corrected chi connectivity index (χ2v) is 7.78. The Balaban J connectivity index is 1.66. The number of nitrogens with zero attached hydrogens (tertiary/aromatic N) is 3. The second kappa shape index (κ2) is 9.44. The molecule has 0 fully saturated rings. The van der Waals surface area contributed by atoms with Gasteiger partial charge in [-0.3, -0.25) is 19.5 Å². The zero-order chi connectivity index (χ0) is 23.5. The number of rotatable bonds is 7. The summed E-state index contributed by atoms with van der Waals surface area (Å²) in [6, 6.07) is 7.48. The number of benzene rings is 1. The Morgan fingerprint density at radius 3 is 2.47 bits per heavy atom. The molecule has 168 valence electrons. The van der Waals surface area contributed by atoms with Crippen molar-refractivity contribution in [3.8, 4) is 0 Å². The van der Waals surface area contributed by atoms with Crippen LogP contribution in [-0.4, -0.2) is 26.0 Å². The van der Waals surface area contributed by atoms with Gasteiger partial charge in [0.05, 0.1) is 20.5 Å². The first-order chi connectivity index (χ1) is 15.0. The molecule has 3 rings (SSSR count). The molecule has 1 aromatic carbocycles. The van der Waals surface area contributed by atoms with Crippen molar-refractivity contribution in [3.05, 3.63) is 84.1 Å². The SMILES string of the molecule is O=c1cc(Sc2ccc([N+](=O)[O-])cc2)[nH]c(=O)n1CCNc1ncc(C(F)(F)F)cc1Cl. The van der Waals surface area contributed by atoms with Gasteiger partial charge < -0.3 is 10.3 Å². The summed E-state index contributed by atoms with van der Waals surface area (Å²) in [6.07, 6.45) is -3.96. The van der Waals surface area contributed by atoms with Gasteiger partial charge in [-0.05, 0) is 18.2 Å². The van der Waals surface area contributed by atoms with Gasteiger partial charge in [-0.1, -0.05) is 23.4 Å². The first-order valence-electron chi connectivity index (χ1n) is 8.77. The summed E-state index contributed by atoms with van der Waals surface area (Å²) in [5.41, 5.74) is -2.39. The van der Waals surface area contributed by atoms with E-state index in [1.807, 2.05) is 0 Å². The third-order valence-electron chi connectivity index (χ3n) is 4.07. The standard InChI is InChI=1S/C18H13ClF3N5O4S/c19-13-7-10(18(20,21)22)9-24-16(13)23-5-6-26-15(28)8-14(25-17(26)29)32-12-3-1-11(2-4-12)27(30)31/h1-4,7-9H,5-6H2,(H,23,24)(H,25,29). The van der Waals surface area contributed by atoms with Crippen LogP contribution in [0.1, 0.15) is 5.56 Å². The molecular weight excluding hydrogens is 475 g/mol. The van der Waals surface area contributed by atoms with Crippen LogP contribution in [-0.2, 0) is 12.7 Å². The highest BCUT2D eigenvalue weighted by molar-refractivity contribution is 7.99. The van der Waals surface area contributed by atoms with E-state index in [9.17, 15) is 32.9 Å². The molecule has 0 saturated heterocycles. The summed E-state index contributed by atoms with van der Waals surface area (Å²) in [5.74, 6) is -0.0190. The molecular formula is C18H13ClF3N5O4S. The van der Waals surface area contributed by atoms with Gasteiger partial charge in [-0.25, -0.2) is 9.78 Å². The molecule has 0 saturated carbocycles. The van der Waals surface area contributed by atoms with E-state index in [-0.39, 0.29) is 34.6 Å². The summed E-state index contributed by atoms with van der Waals surface area (Å²) in [5, 5.41) is 13.4. The molecule has 3 aromatic rings. The first-order valence-corrected chi connectivity index (χ1v) is 9.97. The number of pyridine rings is 1. The third kappa shape index (κ3) is 5.68. The van der Waals surface area contributed by atoms with Crippen molar-refractivity contribution in [1.82, 2.24) is 14.5 Å². The predicted molar refractivity (Wildman–Crippen MR) is 111 cm³/mol. The molecule has 2 aromatic heterocycles. The molecule has 0 bridgehead atoms. The zero-order valence-electron chi connectivity index (χ0n) is 15.9. The second-order valence-electron chi connectivity index (χ2n) is 6.26. The highest BCUT2D eigenvalue weighted by Gasteiger charge is 2.31. The molecule has 0 radical (unpaired) electrons. The van der Waals surface area contributed by atoms with Gasteiger partial charge in [-0.2, -0.15) is 13.2 Å². The Labute approximate surface area is 186 Å². The van der Waals surface area contributed by atoms with Crippen molar-refractivity contribution >= 4 is 34.9 Å². The largest absolute Gasteiger partial charge is 0.417 e. The normalized spacial score (nSPS) is 11.4. The molecule has 14 heteroatoms. The Morgan fingerprint density at radius 1 is 1.22 bits per heavy atom. The highest BCUT2D eigenvalue weighted by Crippen LogP contribution is 2.32. The number of nitrogens with one attached hydrogen (secondary N) is 2. The van der Waals surface area contributed by atoms with Crippen LogP contribution in [0.2, 0.25) is 5.02 Å². The quantitative estimate of drug-likeness (QED) is 0.295. The number of nitro benzene ring substituents is 1. The minimum absolute atomic E-state index is 0.00405. The van der Waals surface area contributed by atoms with Crippen LogP contribution in [0.4, 0.5) is 24.7 Å². The highest BCUT2D eigenvalue weighted by atomic mass is 35.5. The number of alkyl halides is 3. The number of anilines is 1. The number of aromatic nitrogens is 3. The fourth-order valence-electron chi connectivity index (χ4n) is 2.54. The van der Waals surface area contributed by atoms with E-state index in [0.717, 1.165) is 22.4 Å². The fraction of sp³-hybridized carbons (Fsp3) is 0.167. The molecule has 0 aliphatic heterocycles. The van der Waals surface area contributed by atoms with Gasteiger partial charge in [0.15, 0.2) is 0 Å². The van der Waals surface area contributed by atoms with Gasteiger partial charge in [0.1, 0.15) is 5.82 Å². The van der Waals surface area contributed by atoms with Gasteiger partial charge in [0, 0.05) is 42.4 Å². The van der Waals surface area contributed by atoms with Crippen molar-refractivity contribution in [1.29, 1.82) is 0 Å². The summed E-state index contributed by atoms with van der Waals surface area (Å²) in [4.78, 5) is 41.4. The van der Waals surface area contributed by atoms with E-state index in [4.69, 9.17) is 11.6 Å². The van der Waals surface area contributed by atoms with Crippen LogP contribution in [0.3, 0.4) is 0 Å². The topological polar surface area (TPSA) is 123 Å². The molecule has 0 aliphatic carbocycles. The summed E-state index contributed by atoms with van der Waals surface area (Å²) in [7, 11) is 0.